The molecule has 11 nitrogen and oxygen atoms in total. The van der Waals surface area contributed by atoms with Crippen molar-refractivity contribution in [1.29, 1.82) is 0 Å². The number of carbonyl (C=O) groups excluding carboxylic acids is 4. The van der Waals surface area contributed by atoms with Crippen molar-refractivity contribution in [3.63, 3.8) is 0 Å². The molecule has 2 atom stereocenters. The molecule has 11 heteroatoms. The first-order chi connectivity index (χ1) is 14.5. The number of esters is 2. The summed E-state index contributed by atoms with van der Waals surface area (Å²) in [6.45, 7) is 10.5. The van der Waals surface area contributed by atoms with E-state index < -0.39 is 36.5 Å². The molecule has 180 valence electrons. The van der Waals surface area contributed by atoms with E-state index in [0.29, 0.717) is 0 Å². The predicted molar refractivity (Wildman–Crippen MR) is 106 cm³/mol. The minimum atomic E-state index is -1.09. The molecule has 0 heterocycles. The van der Waals surface area contributed by atoms with Crippen LogP contribution in [0.1, 0.15) is 41.5 Å². The molecule has 0 aliphatic rings. The standard InChI is InChI=1S/C20H34O11/c1-13(2)11-28-17(21)15(5)30-19(23)26-9-7-25-8-10-27-20(24)31-16(6)18(22)29-12-14(3)4/h13-16H,7-12H2,1-6H3/t15-,16+. The monoisotopic (exact) mass is 450 g/mol. The van der Waals surface area contributed by atoms with Crippen molar-refractivity contribution in [3.8, 4) is 0 Å². The SMILES string of the molecule is CC(C)COC(=O)[C@H](C)OC(=O)OCCOCCOC(=O)O[C@H](C)C(=O)OCC(C)C. The zero-order valence-electron chi connectivity index (χ0n) is 19.0. The molecule has 0 aromatic rings. The fourth-order valence-corrected chi connectivity index (χ4v) is 1.66. The number of carbonyl (C=O) groups is 4. The molecule has 0 saturated heterocycles. The third-order valence-corrected chi connectivity index (χ3v) is 3.22. The van der Waals surface area contributed by atoms with E-state index in [0.717, 1.165) is 0 Å². The van der Waals surface area contributed by atoms with E-state index in [1.807, 2.05) is 27.7 Å². The van der Waals surface area contributed by atoms with Crippen LogP contribution >= 0.6 is 0 Å². The van der Waals surface area contributed by atoms with E-state index in [1.165, 1.54) is 13.8 Å². The van der Waals surface area contributed by atoms with Crippen LogP contribution in [0.2, 0.25) is 0 Å². The Labute approximate surface area is 182 Å². The van der Waals surface area contributed by atoms with Gasteiger partial charge in [-0.2, -0.15) is 0 Å². The van der Waals surface area contributed by atoms with Gasteiger partial charge in [0.05, 0.1) is 26.4 Å². The zero-order valence-corrected chi connectivity index (χ0v) is 19.0. The van der Waals surface area contributed by atoms with Crippen molar-refractivity contribution in [1.82, 2.24) is 0 Å². The molecule has 31 heavy (non-hydrogen) atoms. The van der Waals surface area contributed by atoms with Gasteiger partial charge in [-0.3, -0.25) is 0 Å². The summed E-state index contributed by atoms with van der Waals surface area (Å²) in [5.41, 5.74) is 0. The number of rotatable bonds is 14. The Balaban J connectivity index is 3.77. The summed E-state index contributed by atoms with van der Waals surface area (Å²) in [5, 5.41) is 0. The molecular formula is C20H34O11. The van der Waals surface area contributed by atoms with Crippen LogP contribution in [0.15, 0.2) is 0 Å². The third-order valence-electron chi connectivity index (χ3n) is 3.22. The van der Waals surface area contributed by atoms with Gasteiger partial charge in [0.25, 0.3) is 0 Å². The Morgan fingerprint density at radius 2 is 0.903 bits per heavy atom. The van der Waals surface area contributed by atoms with E-state index >= 15 is 0 Å². The first kappa shape index (κ1) is 28.4. The van der Waals surface area contributed by atoms with E-state index in [2.05, 4.69) is 0 Å². The van der Waals surface area contributed by atoms with E-state index in [-0.39, 0.29) is 51.5 Å². The zero-order chi connectivity index (χ0) is 23.8. The maximum atomic E-state index is 11.6. The summed E-state index contributed by atoms with van der Waals surface area (Å²) in [5.74, 6) is -0.983. The third kappa shape index (κ3) is 15.9. The van der Waals surface area contributed by atoms with Gasteiger partial charge < -0.3 is 33.2 Å². The van der Waals surface area contributed by atoms with E-state index in [4.69, 9.17) is 33.2 Å². The van der Waals surface area contributed by atoms with Crippen molar-refractivity contribution in [2.75, 3.05) is 39.6 Å². The van der Waals surface area contributed by atoms with E-state index in [1.54, 1.807) is 0 Å². The van der Waals surface area contributed by atoms with Gasteiger partial charge in [0, 0.05) is 0 Å². The lowest BCUT2D eigenvalue weighted by Crippen LogP contribution is -2.28. The van der Waals surface area contributed by atoms with Gasteiger partial charge in [0.2, 0.25) is 0 Å². The molecule has 0 saturated carbocycles. The van der Waals surface area contributed by atoms with Crippen LogP contribution in [-0.2, 0) is 42.7 Å². The van der Waals surface area contributed by atoms with Gasteiger partial charge in [-0.15, -0.1) is 0 Å². The lowest BCUT2D eigenvalue weighted by atomic mass is 10.2. The minimum absolute atomic E-state index is 0.0115. The average molecular weight is 450 g/mol. The van der Waals surface area contributed by atoms with E-state index in [9.17, 15) is 19.2 Å². The maximum Gasteiger partial charge on any atom is 0.509 e. The number of hydrogen-bond acceptors (Lipinski definition) is 11. The Morgan fingerprint density at radius 1 is 0.548 bits per heavy atom. The van der Waals surface area contributed by atoms with Crippen LogP contribution in [0.3, 0.4) is 0 Å². The second-order valence-electron chi connectivity index (χ2n) is 7.38. The molecule has 0 unspecified atom stereocenters. The van der Waals surface area contributed by atoms with Crippen LogP contribution in [0.25, 0.3) is 0 Å². The van der Waals surface area contributed by atoms with Crippen LogP contribution in [0, 0.1) is 11.8 Å². The molecule has 0 aliphatic heterocycles. The summed E-state index contributed by atoms with van der Waals surface area (Å²) >= 11 is 0. The summed E-state index contributed by atoms with van der Waals surface area (Å²) in [6, 6.07) is 0. The van der Waals surface area contributed by atoms with Gasteiger partial charge >= 0.3 is 24.2 Å². The van der Waals surface area contributed by atoms with Crippen molar-refractivity contribution < 1.29 is 52.3 Å². The van der Waals surface area contributed by atoms with Crippen LogP contribution in [-0.4, -0.2) is 76.1 Å². The highest BCUT2D eigenvalue weighted by atomic mass is 16.7. The molecule has 0 aromatic heterocycles. The van der Waals surface area contributed by atoms with Gasteiger partial charge in [0.15, 0.2) is 12.2 Å². The Bertz CT molecular complexity index is 511. The predicted octanol–water partition coefficient (Wildman–Crippen LogP) is 2.48. The molecule has 0 amide bonds. The van der Waals surface area contributed by atoms with Crippen molar-refractivity contribution in [3.05, 3.63) is 0 Å². The summed E-state index contributed by atoms with van der Waals surface area (Å²) < 4.78 is 34.1. The fourth-order valence-electron chi connectivity index (χ4n) is 1.66. The Kier molecular flexibility index (Phi) is 14.8. The Morgan fingerprint density at radius 3 is 1.23 bits per heavy atom. The molecule has 0 aliphatic carbocycles. The largest absolute Gasteiger partial charge is 0.509 e. The van der Waals surface area contributed by atoms with Crippen LogP contribution < -0.4 is 0 Å². The first-order valence-electron chi connectivity index (χ1n) is 10.1. The topological polar surface area (TPSA) is 133 Å². The smallest absolute Gasteiger partial charge is 0.463 e. The highest BCUT2D eigenvalue weighted by Crippen LogP contribution is 2.02. The van der Waals surface area contributed by atoms with Crippen molar-refractivity contribution in [2.24, 2.45) is 11.8 Å². The fraction of sp³-hybridized carbons (Fsp3) is 0.800. The maximum absolute atomic E-state index is 11.6. The Hall–Kier alpha value is -2.56. The molecule has 0 spiro atoms. The lowest BCUT2D eigenvalue weighted by molar-refractivity contribution is -0.155. The highest BCUT2D eigenvalue weighted by molar-refractivity contribution is 5.77. The molecular weight excluding hydrogens is 416 g/mol. The van der Waals surface area contributed by atoms with Crippen molar-refractivity contribution >= 4 is 24.2 Å². The molecule has 0 bridgehead atoms. The van der Waals surface area contributed by atoms with Crippen LogP contribution in [0.4, 0.5) is 9.59 Å². The molecule has 0 rings (SSSR count). The van der Waals surface area contributed by atoms with Gasteiger partial charge in [-0.1, -0.05) is 27.7 Å². The molecule has 0 N–H and O–H groups in total. The molecule has 0 aromatic carbocycles. The second kappa shape index (κ2) is 16.2. The first-order valence-corrected chi connectivity index (χ1v) is 10.1. The molecule has 0 radical (unpaired) electrons. The van der Waals surface area contributed by atoms with Crippen LogP contribution in [0.5, 0.6) is 0 Å². The average Bonchev–Trinajstić information content (AvgIpc) is 2.68. The number of ether oxygens (including phenoxy) is 7. The lowest BCUT2D eigenvalue weighted by Gasteiger charge is -2.14. The van der Waals surface area contributed by atoms with Gasteiger partial charge in [-0.05, 0) is 25.7 Å². The summed E-state index contributed by atoms with van der Waals surface area (Å²) in [7, 11) is 0. The highest BCUT2D eigenvalue weighted by Gasteiger charge is 2.21. The van der Waals surface area contributed by atoms with Gasteiger partial charge in [-0.25, -0.2) is 19.2 Å². The molecule has 0 fully saturated rings. The van der Waals surface area contributed by atoms with Gasteiger partial charge in [0.1, 0.15) is 13.2 Å². The number of hydrogen-bond donors (Lipinski definition) is 0. The summed E-state index contributed by atoms with van der Waals surface area (Å²) in [6.07, 6.45) is -4.24. The quantitative estimate of drug-likeness (QED) is 0.219. The second-order valence-corrected chi connectivity index (χ2v) is 7.38. The summed E-state index contributed by atoms with van der Waals surface area (Å²) in [4.78, 5) is 46.2. The normalized spacial score (nSPS) is 12.6. The van der Waals surface area contributed by atoms with Crippen molar-refractivity contribution in [2.45, 2.75) is 53.8 Å². The minimum Gasteiger partial charge on any atom is -0.463 e.